The van der Waals surface area contributed by atoms with Gasteiger partial charge in [0.05, 0.1) is 0 Å². The molecule has 0 radical (unpaired) electrons. The van der Waals surface area contributed by atoms with Crippen LogP contribution < -0.4 is 0 Å². The fraction of sp³-hybridized carbons (Fsp3) is 0.286. The van der Waals surface area contributed by atoms with E-state index in [-0.39, 0.29) is 6.42 Å². The molecule has 0 heterocycles. The van der Waals surface area contributed by atoms with Crippen LogP contribution in [-0.2, 0) is 6.42 Å². The zero-order valence-corrected chi connectivity index (χ0v) is 9.82. The minimum Gasteiger partial charge on any atom is -0.382 e. The summed E-state index contributed by atoms with van der Waals surface area (Å²) >= 11 is 0. The highest BCUT2D eigenvalue weighted by molar-refractivity contribution is 5.16. The van der Waals surface area contributed by atoms with E-state index in [1.807, 2.05) is 30.3 Å². The maximum atomic E-state index is 13.2. The zero-order chi connectivity index (χ0) is 13.6. The number of aryl methyl sites for hydroxylation is 1. The number of aliphatic hydroxyl groups excluding tert-OH is 1. The van der Waals surface area contributed by atoms with E-state index in [2.05, 4.69) is 6.58 Å². The van der Waals surface area contributed by atoms with Crippen molar-refractivity contribution in [2.45, 2.75) is 24.9 Å². The van der Waals surface area contributed by atoms with Crippen LogP contribution >= 0.6 is 0 Å². The molecule has 18 heavy (non-hydrogen) atoms. The van der Waals surface area contributed by atoms with Crippen molar-refractivity contribution in [2.75, 3.05) is 0 Å². The lowest BCUT2D eigenvalue weighted by atomic mass is 10.1. The van der Waals surface area contributed by atoms with Gasteiger partial charge in [-0.25, -0.2) is 4.39 Å². The van der Waals surface area contributed by atoms with Gasteiger partial charge < -0.3 is 5.11 Å². The summed E-state index contributed by atoms with van der Waals surface area (Å²) in [5, 5.41) is 8.92. The zero-order valence-electron chi connectivity index (χ0n) is 9.82. The van der Waals surface area contributed by atoms with Gasteiger partial charge in [-0.15, -0.1) is 6.58 Å². The Morgan fingerprint density at radius 3 is 2.50 bits per heavy atom. The lowest BCUT2D eigenvalue weighted by molar-refractivity contribution is -0.0700. The van der Waals surface area contributed by atoms with Crippen molar-refractivity contribution in [1.82, 2.24) is 0 Å². The Hall–Kier alpha value is -1.55. The summed E-state index contributed by atoms with van der Waals surface area (Å²) in [5.74, 6) is -5.52. The molecule has 0 saturated carbocycles. The summed E-state index contributed by atoms with van der Waals surface area (Å²) in [4.78, 5) is 0. The van der Waals surface area contributed by atoms with Crippen molar-refractivity contribution in [3.05, 3.63) is 60.5 Å². The van der Waals surface area contributed by atoms with Gasteiger partial charge in [0.15, 0.2) is 5.83 Å². The lowest BCUT2D eigenvalue weighted by Gasteiger charge is -2.17. The van der Waals surface area contributed by atoms with Gasteiger partial charge in [0.1, 0.15) is 6.10 Å². The minimum absolute atomic E-state index is 0.148. The number of aliphatic hydroxyl groups is 1. The van der Waals surface area contributed by atoms with Crippen molar-refractivity contribution >= 4 is 0 Å². The summed E-state index contributed by atoms with van der Waals surface area (Å²) < 4.78 is 39.6. The van der Waals surface area contributed by atoms with Gasteiger partial charge in [-0.3, -0.25) is 0 Å². The molecular weight excluding hydrogens is 241 g/mol. The molecule has 1 aromatic carbocycles. The van der Waals surface area contributed by atoms with E-state index in [0.29, 0.717) is 12.5 Å². The summed E-state index contributed by atoms with van der Waals surface area (Å²) in [6.45, 7) is 3.01. The highest BCUT2D eigenvalue weighted by Gasteiger charge is 2.41. The van der Waals surface area contributed by atoms with Crippen LogP contribution in [0.15, 0.2) is 54.9 Å². The molecule has 98 valence electrons. The molecule has 0 saturated heterocycles. The third-order valence-corrected chi connectivity index (χ3v) is 2.51. The first-order valence-corrected chi connectivity index (χ1v) is 5.57. The SMILES string of the molecule is C=C[C@H](O)C(F)(F)/C(F)=C\CCc1ccccc1. The number of benzene rings is 1. The van der Waals surface area contributed by atoms with Crippen LogP contribution in [-0.4, -0.2) is 17.1 Å². The van der Waals surface area contributed by atoms with Crippen molar-refractivity contribution in [3.63, 3.8) is 0 Å². The third-order valence-electron chi connectivity index (χ3n) is 2.51. The summed E-state index contributed by atoms with van der Waals surface area (Å²) in [5.41, 5.74) is 0.939. The molecule has 0 unspecified atom stereocenters. The van der Waals surface area contributed by atoms with Crippen molar-refractivity contribution in [2.24, 2.45) is 0 Å². The number of hydrogen-bond acceptors (Lipinski definition) is 1. The normalized spacial score (nSPS) is 14.3. The Balaban J connectivity index is 2.59. The Morgan fingerprint density at radius 1 is 1.33 bits per heavy atom. The maximum Gasteiger partial charge on any atom is 0.327 e. The van der Waals surface area contributed by atoms with Gasteiger partial charge in [-0.2, -0.15) is 8.78 Å². The van der Waals surface area contributed by atoms with E-state index in [0.717, 1.165) is 11.6 Å². The molecule has 4 heteroatoms. The quantitative estimate of drug-likeness (QED) is 0.770. The fourth-order valence-corrected chi connectivity index (χ4v) is 1.44. The predicted octanol–water partition coefficient (Wildman–Crippen LogP) is 3.65. The number of alkyl halides is 2. The van der Waals surface area contributed by atoms with E-state index in [1.54, 1.807) is 0 Å². The Kier molecular flexibility index (Phi) is 5.16. The van der Waals surface area contributed by atoms with E-state index in [9.17, 15) is 13.2 Å². The molecule has 1 aromatic rings. The van der Waals surface area contributed by atoms with Crippen LogP contribution in [0, 0.1) is 0 Å². The second-order valence-corrected chi connectivity index (χ2v) is 3.88. The molecule has 1 rings (SSSR count). The molecule has 0 bridgehead atoms. The number of allylic oxidation sites excluding steroid dienone is 1. The predicted molar refractivity (Wildman–Crippen MR) is 65.1 cm³/mol. The number of hydrogen-bond donors (Lipinski definition) is 1. The van der Waals surface area contributed by atoms with Crippen molar-refractivity contribution in [3.8, 4) is 0 Å². The van der Waals surface area contributed by atoms with Gasteiger partial charge in [0.2, 0.25) is 0 Å². The van der Waals surface area contributed by atoms with Crippen LogP contribution in [0.25, 0.3) is 0 Å². The third kappa shape index (κ3) is 3.74. The van der Waals surface area contributed by atoms with E-state index in [1.165, 1.54) is 0 Å². The minimum atomic E-state index is -3.90. The van der Waals surface area contributed by atoms with Crippen LogP contribution in [0.4, 0.5) is 13.2 Å². The average molecular weight is 256 g/mol. The lowest BCUT2D eigenvalue weighted by Crippen LogP contribution is -2.32. The Labute approximate surface area is 104 Å². The van der Waals surface area contributed by atoms with E-state index >= 15 is 0 Å². The van der Waals surface area contributed by atoms with Crippen LogP contribution in [0.1, 0.15) is 12.0 Å². The molecular formula is C14H15F3O. The highest BCUT2D eigenvalue weighted by atomic mass is 19.3. The molecule has 0 aromatic heterocycles. The van der Waals surface area contributed by atoms with Crippen LogP contribution in [0.2, 0.25) is 0 Å². The van der Waals surface area contributed by atoms with E-state index in [4.69, 9.17) is 5.11 Å². The molecule has 0 amide bonds. The fourth-order valence-electron chi connectivity index (χ4n) is 1.44. The van der Waals surface area contributed by atoms with E-state index < -0.39 is 17.9 Å². The molecule has 0 aliphatic carbocycles. The smallest absolute Gasteiger partial charge is 0.327 e. The van der Waals surface area contributed by atoms with Gasteiger partial charge in [-0.05, 0) is 24.5 Å². The average Bonchev–Trinajstić information content (AvgIpc) is 2.38. The largest absolute Gasteiger partial charge is 0.382 e. The molecule has 1 N–H and O–H groups in total. The summed E-state index contributed by atoms with van der Waals surface area (Å²) in [6, 6.07) is 9.16. The van der Waals surface area contributed by atoms with Crippen LogP contribution in [0.5, 0.6) is 0 Å². The second-order valence-electron chi connectivity index (χ2n) is 3.88. The standard InChI is InChI=1S/C14H15F3O/c1-2-13(18)14(16,17)12(15)10-6-9-11-7-4-3-5-8-11/h2-5,7-8,10,13,18H,1,6,9H2/b12-10+/t13-/m0/s1. The molecule has 1 nitrogen and oxygen atoms in total. The first kappa shape index (κ1) is 14.5. The molecule has 0 fully saturated rings. The van der Waals surface area contributed by atoms with Gasteiger partial charge in [-0.1, -0.05) is 36.4 Å². The second kappa shape index (κ2) is 6.40. The molecule has 0 aliphatic heterocycles. The first-order chi connectivity index (χ1) is 8.48. The Bertz CT molecular complexity index is 412. The summed E-state index contributed by atoms with van der Waals surface area (Å²) in [7, 11) is 0. The topological polar surface area (TPSA) is 20.2 Å². The van der Waals surface area contributed by atoms with Crippen molar-refractivity contribution in [1.29, 1.82) is 0 Å². The highest BCUT2D eigenvalue weighted by Crippen LogP contribution is 2.30. The number of rotatable bonds is 6. The number of halogens is 3. The van der Waals surface area contributed by atoms with Gasteiger partial charge in [0.25, 0.3) is 0 Å². The summed E-state index contributed by atoms with van der Waals surface area (Å²) in [6.07, 6.45) is -0.167. The molecule has 1 atom stereocenters. The van der Waals surface area contributed by atoms with Gasteiger partial charge in [0, 0.05) is 0 Å². The Morgan fingerprint density at radius 2 is 1.94 bits per heavy atom. The van der Waals surface area contributed by atoms with Crippen molar-refractivity contribution < 1.29 is 18.3 Å². The molecule has 0 spiro atoms. The van der Waals surface area contributed by atoms with Crippen LogP contribution in [0.3, 0.4) is 0 Å². The van der Waals surface area contributed by atoms with Gasteiger partial charge >= 0.3 is 5.92 Å². The molecule has 0 aliphatic rings. The monoisotopic (exact) mass is 256 g/mol. The first-order valence-electron chi connectivity index (χ1n) is 5.57. The maximum absolute atomic E-state index is 13.2.